The zero-order valence-electron chi connectivity index (χ0n) is 14.9. The Morgan fingerprint density at radius 1 is 1.24 bits per heavy atom. The first-order valence-electron chi connectivity index (χ1n) is 9.35. The lowest BCUT2D eigenvalue weighted by Crippen LogP contribution is -2.50. The van der Waals surface area contributed by atoms with Crippen LogP contribution in [0.4, 0.5) is 0 Å². The number of likely N-dealkylation sites (tertiary alicyclic amines) is 1. The summed E-state index contributed by atoms with van der Waals surface area (Å²) in [7, 11) is 0. The lowest BCUT2D eigenvalue weighted by molar-refractivity contribution is -0.142. The maximum absolute atomic E-state index is 13.0. The van der Waals surface area contributed by atoms with E-state index in [1.165, 1.54) is 0 Å². The Bertz CT molecular complexity index is 533. The highest BCUT2D eigenvalue weighted by atomic mass is 32.2. The molecule has 7 heteroatoms. The Hall–Kier alpha value is -1.24. The van der Waals surface area contributed by atoms with Gasteiger partial charge in [-0.2, -0.15) is 11.8 Å². The van der Waals surface area contributed by atoms with Gasteiger partial charge in [-0.25, -0.2) is 0 Å². The summed E-state index contributed by atoms with van der Waals surface area (Å²) in [4.78, 5) is 40.2. The van der Waals surface area contributed by atoms with Crippen LogP contribution in [-0.2, 0) is 14.4 Å². The lowest BCUT2D eigenvalue weighted by Gasteiger charge is -2.37. The van der Waals surface area contributed by atoms with Crippen molar-refractivity contribution in [2.45, 2.75) is 57.5 Å². The predicted molar refractivity (Wildman–Crippen MR) is 96.3 cm³/mol. The number of carbonyl (C=O) groups is 3. The van der Waals surface area contributed by atoms with Crippen molar-refractivity contribution in [1.82, 2.24) is 9.80 Å². The lowest BCUT2D eigenvalue weighted by atomic mass is 9.86. The van der Waals surface area contributed by atoms with Gasteiger partial charge in [0.1, 0.15) is 0 Å². The predicted octanol–water partition coefficient (Wildman–Crippen LogP) is 1.83. The molecule has 2 amide bonds. The standard InChI is InChI=1S/C18H28N2O4S/c1-12-2-4-14(5-3-12)20-10-13(8-16(20)21)18(24)19-6-7-25-11-15(19)9-17(22)23/h12-15H,2-11H2,1H3,(H,22,23). The summed E-state index contributed by atoms with van der Waals surface area (Å²) in [5.74, 6) is 1.15. The van der Waals surface area contributed by atoms with Crippen LogP contribution in [0.1, 0.15) is 45.4 Å². The van der Waals surface area contributed by atoms with Gasteiger partial charge in [0.15, 0.2) is 0 Å². The van der Waals surface area contributed by atoms with Crippen LogP contribution in [-0.4, -0.2) is 69.4 Å². The molecule has 2 saturated heterocycles. The van der Waals surface area contributed by atoms with Crippen molar-refractivity contribution in [2.24, 2.45) is 11.8 Å². The number of carbonyl (C=O) groups excluding carboxylic acids is 2. The highest BCUT2D eigenvalue weighted by Crippen LogP contribution is 2.32. The average molecular weight is 368 g/mol. The highest BCUT2D eigenvalue weighted by molar-refractivity contribution is 7.99. The molecule has 1 N–H and O–H groups in total. The van der Waals surface area contributed by atoms with Crippen LogP contribution in [0, 0.1) is 11.8 Å². The number of hydrogen-bond acceptors (Lipinski definition) is 4. The molecule has 1 aliphatic carbocycles. The molecule has 0 radical (unpaired) electrons. The van der Waals surface area contributed by atoms with E-state index in [4.69, 9.17) is 5.11 Å². The zero-order chi connectivity index (χ0) is 18.0. The normalized spacial score (nSPS) is 33.6. The van der Waals surface area contributed by atoms with Crippen LogP contribution in [0.15, 0.2) is 0 Å². The molecule has 3 rings (SSSR count). The molecule has 0 aromatic rings. The molecule has 2 unspecified atom stereocenters. The second-order valence-corrected chi connectivity index (χ2v) is 8.87. The Morgan fingerprint density at radius 3 is 2.64 bits per heavy atom. The third kappa shape index (κ3) is 4.30. The molecule has 0 aromatic carbocycles. The number of amides is 2. The van der Waals surface area contributed by atoms with Crippen molar-refractivity contribution in [1.29, 1.82) is 0 Å². The van der Waals surface area contributed by atoms with Gasteiger partial charge in [0.05, 0.1) is 18.4 Å². The Labute approximate surface area is 153 Å². The van der Waals surface area contributed by atoms with Crippen molar-refractivity contribution in [3.8, 4) is 0 Å². The largest absolute Gasteiger partial charge is 0.481 e. The maximum Gasteiger partial charge on any atom is 0.305 e. The van der Waals surface area contributed by atoms with Crippen molar-refractivity contribution < 1.29 is 19.5 Å². The SMILES string of the molecule is CC1CCC(N2CC(C(=O)N3CCSCC3CC(=O)O)CC2=O)CC1. The van der Waals surface area contributed by atoms with Crippen molar-refractivity contribution in [3.63, 3.8) is 0 Å². The van der Waals surface area contributed by atoms with Gasteiger partial charge in [-0.1, -0.05) is 6.92 Å². The first-order valence-corrected chi connectivity index (χ1v) is 10.5. The summed E-state index contributed by atoms with van der Waals surface area (Å²) in [6.07, 6.45) is 4.65. The number of thioether (sulfide) groups is 1. The molecule has 140 valence electrons. The van der Waals surface area contributed by atoms with Crippen LogP contribution in [0.3, 0.4) is 0 Å². The Kier molecular flexibility index (Phi) is 5.92. The van der Waals surface area contributed by atoms with Crippen molar-refractivity contribution in [3.05, 3.63) is 0 Å². The molecule has 25 heavy (non-hydrogen) atoms. The fraction of sp³-hybridized carbons (Fsp3) is 0.833. The minimum atomic E-state index is -0.870. The summed E-state index contributed by atoms with van der Waals surface area (Å²) < 4.78 is 0. The van der Waals surface area contributed by atoms with Gasteiger partial charge in [-0.05, 0) is 31.6 Å². The van der Waals surface area contributed by atoms with Crippen LogP contribution >= 0.6 is 11.8 Å². The van der Waals surface area contributed by atoms with Crippen LogP contribution in [0.25, 0.3) is 0 Å². The van der Waals surface area contributed by atoms with Gasteiger partial charge in [0.2, 0.25) is 11.8 Å². The maximum atomic E-state index is 13.0. The first-order chi connectivity index (χ1) is 12.0. The molecule has 1 saturated carbocycles. The fourth-order valence-corrected chi connectivity index (χ4v) is 5.42. The van der Waals surface area contributed by atoms with E-state index >= 15 is 0 Å². The molecule has 0 aromatic heterocycles. The van der Waals surface area contributed by atoms with Gasteiger partial charge in [-0.15, -0.1) is 0 Å². The summed E-state index contributed by atoms with van der Waals surface area (Å²) in [6, 6.07) is 0.0386. The van der Waals surface area contributed by atoms with E-state index in [1.54, 1.807) is 16.7 Å². The zero-order valence-corrected chi connectivity index (χ0v) is 15.7. The van der Waals surface area contributed by atoms with Crippen LogP contribution < -0.4 is 0 Å². The molecule has 2 aliphatic heterocycles. The number of rotatable bonds is 4. The fourth-order valence-electron chi connectivity index (χ4n) is 4.35. The van der Waals surface area contributed by atoms with Crippen LogP contribution in [0.2, 0.25) is 0 Å². The number of hydrogen-bond donors (Lipinski definition) is 1. The van der Waals surface area contributed by atoms with E-state index in [9.17, 15) is 14.4 Å². The highest BCUT2D eigenvalue weighted by Gasteiger charge is 2.42. The number of aliphatic carboxylic acids is 1. The van der Waals surface area contributed by atoms with Gasteiger partial charge < -0.3 is 14.9 Å². The third-order valence-corrected chi connectivity index (χ3v) is 6.95. The quantitative estimate of drug-likeness (QED) is 0.819. The summed E-state index contributed by atoms with van der Waals surface area (Å²) in [5, 5.41) is 9.10. The van der Waals surface area contributed by atoms with Crippen molar-refractivity contribution >= 4 is 29.5 Å². The van der Waals surface area contributed by atoms with E-state index < -0.39 is 5.97 Å². The molecular formula is C18H28N2O4S. The molecule has 3 fully saturated rings. The minimum absolute atomic E-state index is 0.0103. The van der Waals surface area contributed by atoms with E-state index in [0.29, 0.717) is 18.8 Å². The Morgan fingerprint density at radius 2 is 1.96 bits per heavy atom. The van der Waals surface area contributed by atoms with E-state index in [2.05, 4.69) is 6.92 Å². The topological polar surface area (TPSA) is 77.9 Å². The molecule has 0 bridgehead atoms. The van der Waals surface area contributed by atoms with Gasteiger partial charge in [0.25, 0.3) is 0 Å². The van der Waals surface area contributed by atoms with Gasteiger partial charge >= 0.3 is 5.97 Å². The number of carboxylic acid groups (broad SMARTS) is 1. The average Bonchev–Trinajstić information content (AvgIpc) is 2.97. The van der Waals surface area contributed by atoms with Crippen LogP contribution in [0.5, 0.6) is 0 Å². The number of nitrogens with zero attached hydrogens (tertiary/aromatic N) is 2. The Balaban J connectivity index is 1.62. The van der Waals surface area contributed by atoms with E-state index in [0.717, 1.165) is 37.4 Å². The van der Waals surface area contributed by atoms with Gasteiger partial charge in [0, 0.05) is 37.1 Å². The molecule has 6 nitrogen and oxygen atoms in total. The second kappa shape index (κ2) is 7.98. The summed E-state index contributed by atoms with van der Waals surface area (Å²) in [5.41, 5.74) is 0. The molecule has 2 heterocycles. The third-order valence-electron chi connectivity index (χ3n) is 5.85. The monoisotopic (exact) mass is 368 g/mol. The second-order valence-electron chi connectivity index (χ2n) is 7.72. The first kappa shape index (κ1) is 18.5. The van der Waals surface area contributed by atoms with Crippen molar-refractivity contribution in [2.75, 3.05) is 24.6 Å². The number of carboxylic acids is 1. The molecule has 2 atom stereocenters. The molecular weight excluding hydrogens is 340 g/mol. The smallest absolute Gasteiger partial charge is 0.305 e. The van der Waals surface area contributed by atoms with E-state index in [-0.39, 0.29) is 42.7 Å². The minimum Gasteiger partial charge on any atom is -0.481 e. The van der Waals surface area contributed by atoms with E-state index in [1.807, 2.05) is 4.90 Å². The summed E-state index contributed by atoms with van der Waals surface area (Å²) in [6.45, 7) is 3.36. The molecule has 3 aliphatic rings. The molecule has 0 spiro atoms. The van der Waals surface area contributed by atoms with Gasteiger partial charge in [-0.3, -0.25) is 14.4 Å². The summed E-state index contributed by atoms with van der Waals surface area (Å²) >= 11 is 1.70.